The molecule has 0 atom stereocenters. The second kappa shape index (κ2) is 7.29. The summed E-state index contributed by atoms with van der Waals surface area (Å²) in [6, 6.07) is 5.20. The van der Waals surface area contributed by atoms with Gasteiger partial charge in [0, 0.05) is 24.0 Å². The van der Waals surface area contributed by atoms with Gasteiger partial charge in [0.05, 0.1) is 5.69 Å². The molecule has 24 heavy (non-hydrogen) atoms. The highest BCUT2D eigenvalue weighted by molar-refractivity contribution is 5.96. The molecule has 0 fully saturated rings. The number of rotatable bonds is 5. The second-order valence-electron chi connectivity index (χ2n) is 5.82. The molecule has 0 unspecified atom stereocenters. The summed E-state index contributed by atoms with van der Waals surface area (Å²) in [6.45, 7) is 8.06. The SMILES string of the molecule is CCc1c(C)nn(CC(=O)Nc2ccc(C(=O)NC)cc2C)c1C. The summed E-state index contributed by atoms with van der Waals surface area (Å²) < 4.78 is 1.73. The lowest BCUT2D eigenvalue weighted by atomic mass is 10.1. The maximum Gasteiger partial charge on any atom is 0.251 e. The van der Waals surface area contributed by atoms with E-state index >= 15 is 0 Å². The van der Waals surface area contributed by atoms with Gasteiger partial charge in [0.25, 0.3) is 5.91 Å². The first-order chi connectivity index (χ1) is 11.4. The van der Waals surface area contributed by atoms with Crippen molar-refractivity contribution in [2.45, 2.75) is 40.7 Å². The number of aryl methyl sites for hydroxylation is 2. The zero-order chi connectivity index (χ0) is 17.9. The number of hydrogen-bond acceptors (Lipinski definition) is 3. The highest BCUT2D eigenvalue weighted by Gasteiger charge is 2.13. The first-order valence-electron chi connectivity index (χ1n) is 8.02. The van der Waals surface area contributed by atoms with Gasteiger partial charge in [-0.25, -0.2) is 0 Å². The summed E-state index contributed by atoms with van der Waals surface area (Å²) in [5.41, 5.74) is 5.29. The molecule has 0 radical (unpaired) electrons. The summed E-state index contributed by atoms with van der Waals surface area (Å²) in [5, 5.41) is 9.90. The monoisotopic (exact) mass is 328 g/mol. The zero-order valence-corrected chi connectivity index (χ0v) is 14.9. The van der Waals surface area contributed by atoms with E-state index in [1.807, 2.05) is 20.8 Å². The maximum atomic E-state index is 12.3. The van der Waals surface area contributed by atoms with Crippen LogP contribution in [0, 0.1) is 20.8 Å². The van der Waals surface area contributed by atoms with Gasteiger partial charge in [-0.1, -0.05) is 6.92 Å². The lowest BCUT2D eigenvalue weighted by molar-refractivity contribution is -0.116. The van der Waals surface area contributed by atoms with Crippen molar-refractivity contribution in [3.05, 3.63) is 46.3 Å². The number of hydrogen-bond donors (Lipinski definition) is 2. The van der Waals surface area contributed by atoms with E-state index in [-0.39, 0.29) is 18.4 Å². The number of amides is 2. The van der Waals surface area contributed by atoms with Crippen molar-refractivity contribution in [1.29, 1.82) is 0 Å². The van der Waals surface area contributed by atoms with Crippen molar-refractivity contribution >= 4 is 17.5 Å². The van der Waals surface area contributed by atoms with Crippen LogP contribution in [0.25, 0.3) is 0 Å². The molecule has 0 bridgehead atoms. The van der Waals surface area contributed by atoms with Crippen LogP contribution >= 0.6 is 0 Å². The standard InChI is InChI=1S/C18H24N4O2/c1-6-15-12(3)21-22(13(15)4)10-17(23)20-16-8-7-14(9-11(16)2)18(24)19-5/h7-9H,6,10H2,1-5H3,(H,19,24)(H,20,23). The van der Waals surface area contributed by atoms with Crippen LogP contribution in [0.1, 0.15) is 39.8 Å². The van der Waals surface area contributed by atoms with Gasteiger partial charge in [0.2, 0.25) is 5.91 Å². The number of benzene rings is 1. The Kier molecular flexibility index (Phi) is 5.39. The van der Waals surface area contributed by atoms with Crippen molar-refractivity contribution in [2.24, 2.45) is 0 Å². The summed E-state index contributed by atoms with van der Waals surface area (Å²) in [6.07, 6.45) is 0.902. The number of nitrogens with zero attached hydrogens (tertiary/aromatic N) is 2. The van der Waals surface area contributed by atoms with Crippen molar-refractivity contribution in [2.75, 3.05) is 12.4 Å². The van der Waals surface area contributed by atoms with Crippen LogP contribution in [0.2, 0.25) is 0 Å². The third-order valence-electron chi connectivity index (χ3n) is 4.17. The van der Waals surface area contributed by atoms with Gasteiger partial charge in [-0.3, -0.25) is 14.3 Å². The molecule has 2 N–H and O–H groups in total. The van der Waals surface area contributed by atoms with E-state index in [0.717, 1.165) is 23.4 Å². The van der Waals surface area contributed by atoms with Gasteiger partial charge < -0.3 is 10.6 Å². The van der Waals surface area contributed by atoms with Crippen molar-refractivity contribution < 1.29 is 9.59 Å². The first-order valence-corrected chi connectivity index (χ1v) is 8.02. The molecular formula is C18H24N4O2. The van der Waals surface area contributed by atoms with Crippen LogP contribution in [-0.4, -0.2) is 28.6 Å². The highest BCUT2D eigenvalue weighted by atomic mass is 16.2. The fourth-order valence-corrected chi connectivity index (χ4v) is 2.81. The molecule has 6 heteroatoms. The summed E-state index contributed by atoms with van der Waals surface area (Å²) in [4.78, 5) is 23.9. The highest BCUT2D eigenvalue weighted by Crippen LogP contribution is 2.17. The van der Waals surface area contributed by atoms with Gasteiger partial charge in [-0.2, -0.15) is 5.10 Å². The zero-order valence-electron chi connectivity index (χ0n) is 14.9. The molecule has 128 valence electrons. The van der Waals surface area contributed by atoms with Crippen LogP contribution in [0.4, 0.5) is 5.69 Å². The topological polar surface area (TPSA) is 76.0 Å². The Morgan fingerprint density at radius 2 is 1.92 bits per heavy atom. The summed E-state index contributed by atoms with van der Waals surface area (Å²) in [7, 11) is 1.59. The third kappa shape index (κ3) is 3.64. The van der Waals surface area contributed by atoms with Crippen molar-refractivity contribution in [1.82, 2.24) is 15.1 Å². The van der Waals surface area contributed by atoms with Crippen LogP contribution in [0.3, 0.4) is 0 Å². The average molecular weight is 328 g/mol. The fraction of sp³-hybridized carbons (Fsp3) is 0.389. The van der Waals surface area contributed by atoms with Gasteiger partial charge in [-0.05, 0) is 56.5 Å². The minimum Gasteiger partial charge on any atom is -0.355 e. The minimum atomic E-state index is -0.147. The van der Waals surface area contributed by atoms with Gasteiger partial charge in [0.1, 0.15) is 6.54 Å². The van der Waals surface area contributed by atoms with Gasteiger partial charge in [-0.15, -0.1) is 0 Å². The van der Waals surface area contributed by atoms with Crippen molar-refractivity contribution in [3.8, 4) is 0 Å². The normalized spacial score (nSPS) is 10.5. The van der Waals surface area contributed by atoms with Crippen LogP contribution < -0.4 is 10.6 Å². The molecule has 2 rings (SSSR count). The molecule has 1 heterocycles. The molecule has 0 aliphatic heterocycles. The fourth-order valence-electron chi connectivity index (χ4n) is 2.81. The lowest BCUT2D eigenvalue weighted by Crippen LogP contribution is -2.21. The Balaban J connectivity index is 2.11. The molecule has 0 aliphatic carbocycles. The molecule has 0 spiro atoms. The summed E-state index contributed by atoms with van der Waals surface area (Å²) >= 11 is 0. The quantitative estimate of drug-likeness (QED) is 0.885. The number of carbonyl (C=O) groups is 2. The van der Waals surface area contributed by atoms with Gasteiger partial charge >= 0.3 is 0 Å². The number of anilines is 1. The molecule has 0 saturated heterocycles. The molecule has 2 aromatic rings. The Morgan fingerprint density at radius 3 is 2.46 bits per heavy atom. The van der Waals surface area contributed by atoms with Gasteiger partial charge in [0.15, 0.2) is 0 Å². The first kappa shape index (κ1) is 17.7. The number of aromatic nitrogens is 2. The van der Waals surface area contributed by atoms with E-state index in [0.29, 0.717) is 11.3 Å². The minimum absolute atomic E-state index is 0.140. The molecule has 1 aromatic heterocycles. The van der Waals surface area contributed by atoms with E-state index in [4.69, 9.17) is 0 Å². The van der Waals surface area contributed by atoms with Crippen molar-refractivity contribution in [3.63, 3.8) is 0 Å². The van der Waals surface area contributed by atoms with Crippen LogP contribution in [0.15, 0.2) is 18.2 Å². The smallest absolute Gasteiger partial charge is 0.251 e. The van der Waals surface area contributed by atoms with E-state index in [1.54, 1.807) is 29.9 Å². The average Bonchev–Trinajstić information content (AvgIpc) is 2.81. The van der Waals surface area contributed by atoms with E-state index < -0.39 is 0 Å². The van der Waals surface area contributed by atoms with Crippen LogP contribution in [0.5, 0.6) is 0 Å². The molecule has 2 amide bonds. The Hall–Kier alpha value is -2.63. The van der Waals surface area contributed by atoms with E-state index in [9.17, 15) is 9.59 Å². The van der Waals surface area contributed by atoms with Crippen LogP contribution in [-0.2, 0) is 17.8 Å². The predicted molar refractivity (Wildman–Crippen MR) is 94.3 cm³/mol. The Bertz CT molecular complexity index is 778. The largest absolute Gasteiger partial charge is 0.355 e. The Labute approximate surface area is 142 Å². The third-order valence-corrected chi connectivity index (χ3v) is 4.17. The molecular weight excluding hydrogens is 304 g/mol. The second-order valence-corrected chi connectivity index (χ2v) is 5.82. The predicted octanol–water partition coefficient (Wildman–Crippen LogP) is 2.37. The molecule has 0 saturated carbocycles. The maximum absolute atomic E-state index is 12.3. The molecule has 1 aromatic carbocycles. The molecule has 0 aliphatic rings. The summed E-state index contributed by atoms with van der Waals surface area (Å²) in [5.74, 6) is -0.287. The van der Waals surface area contributed by atoms with E-state index in [2.05, 4.69) is 22.7 Å². The molecule has 6 nitrogen and oxygen atoms in total. The van der Waals surface area contributed by atoms with E-state index in [1.165, 1.54) is 5.56 Å². The number of carbonyl (C=O) groups excluding carboxylic acids is 2. The number of nitrogens with one attached hydrogen (secondary N) is 2. The Morgan fingerprint density at radius 1 is 1.21 bits per heavy atom. The lowest BCUT2D eigenvalue weighted by Gasteiger charge is -2.11.